The number of hydrogen-bond donors (Lipinski definition) is 1. The highest BCUT2D eigenvalue weighted by Gasteiger charge is 2.34. The Bertz CT molecular complexity index is 1020. The van der Waals surface area contributed by atoms with Crippen molar-refractivity contribution in [2.45, 2.75) is 32.7 Å². The molecular formula is C21H21ClN4O2. The average Bonchev–Trinajstić information content (AvgIpc) is 3.33. The highest BCUT2D eigenvalue weighted by atomic mass is 35.5. The van der Waals surface area contributed by atoms with Gasteiger partial charge in [0.1, 0.15) is 6.04 Å². The van der Waals surface area contributed by atoms with Crippen molar-refractivity contribution >= 4 is 23.3 Å². The van der Waals surface area contributed by atoms with Crippen LogP contribution in [0.5, 0.6) is 0 Å². The summed E-state index contributed by atoms with van der Waals surface area (Å²) in [5.41, 5.74) is 3.63. The van der Waals surface area contributed by atoms with Crippen LogP contribution in [0.15, 0.2) is 47.0 Å². The largest absolute Gasteiger partial charge is 0.337 e. The lowest BCUT2D eigenvalue weighted by atomic mass is 10.1. The summed E-state index contributed by atoms with van der Waals surface area (Å²) in [6.45, 7) is 4.59. The molecule has 0 spiro atoms. The number of carbonyl (C=O) groups excluding carboxylic acids is 1. The van der Waals surface area contributed by atoms with Crippen molar-refractivity contribution in [3.63, 3.8) is 0 Å². The van der Waals surface area contributed by atoms with Crippen molar-refractivity contribution in [3.05, 3.63) is 64.5 Å². The van der Waals surface area contributed by atoms with E-state index >= 15 is 0 Å². The first kappa shape index (κ1) is 18.5. The number of halogens is 1. The molecule has 2 aromatic carbocycles. The van der Waals surface area contributed by atoms with Crippen molar-refractivity contribution in [1.82, 2.24) is 15.0 Å². The fraction of sp³-hybridized carbons (Fsp3) is 0.286. The number of aromatic nitrogens is 2. The number of anilines is 1. The van der Waals surface area contributed by atoms with Crippen molar-refractivity contribution in [3.8, 4) is 11.4 Å². The molecule has 1 atom stereocenters. The normalized spacial score (nSPS) is 16.4. The zero-order chi connectivity index (χ0) is 19.7. The van der Waals surface area contributed by atoms with Crippen LogP contribution in [0, 0.1) is 13.8 Å². The number of aryl methyl sites for hydroxylation is 2. The van der Waals surface area contributed by atoms with Crippen LogP contribution in [0.25, 0.3) is 11.4 Å². The molecule has 1 aromatic heterocycles. The molecule has 0 bridgehead atoms. The molecule has 0 saturated carbocycles. The molecule has 3 aromatic rings. The summed E-state index contributed by atoms with van der Waals surface area (Å²) < 4.78 is 5.52. The first-order valence-corrected chi connectivity index (χ1v) is 9.64. The molecule has 144 valence electrons. The molecule has 1 unspecified atom stereocenters. The zero-order valence-corrected chi connectivity index (χ0v) is 16.5. The van der Waals surface area contributed by atoms with Crippen LogP contribution in [0.1, 0.15) is 35.9 Å². The summed E-state index contributed by atoms with van der Waals surface area (Å²) in [6.07, 6.45) is 1.66. The fourth-order valence-electron chi connectivity index (χ4n) is 3.48. The molecule has 1 saturated heterocycles. The molecule has 0 radical (unpaired) electrons. The number of nitrogens with one attached hydrogen (secondary N) is 1. The van der Waals surface area contributed by atoms with Gasteiger partial charge in [0.05, 0.1) is 10.7 Å². The third kappa shape index (κ3) is 3.60. The van der Waals surface area contributed by atoms with E-state index in [0.29, 0.717) is 29.0 Å². The van der Waals surface area contributed by atoms with E-state index in [0.717, 1.165) is 29.5 Å². The quantitative estimate of drug-likeness (QED) is 0.645. The maximum Gasteiger partial charge on any atom is 0.322 e. The summed E-state index contributed by atoms with van der Waals surface area (Å²) >= 11 is 6.25. The Labute approximate surface area is 168 Å². The minimum atomic E-state index is -0.241. The second-order valence-electron chi connectivity index (χ2n) is 7.04. The van der Waals surface area contributed by atoms with Crippen LogP contribution < -0.4 is 5.32 Å². The van der Waals surface area contributed by atoms with E-state index in [1.807, 2.05) is 56.3 Å². The number of urea groups is 1. The predicted octanol–water partition coefficient (Wildman–Crippen LogP) is 5.38. The minimum absolute atomic E-state index is 0.219. The number of amides is 2. The Morgan fingerprint density at radius 3 is 2.86 bits per heavy atom. The van der Waals surface area contributed by atoms with Gasteiger partial charge >= 0.3 is 6.03 Å². The molecule has 1 aliphatic heterocycles. The second-order valence-corrected chi connectivity index (χ2v) is 7.44. The molecule has 1 N–H and O–H groups in total. The predicted molar refractivity (Wildman–Crippen MR) is 108 cm³/mol. The van der Waals surface area contributed by atoms with E-state index in [-0.39, 0.29) is 12.1 Å². The van der Waals surface area contributed by atoms with Crippen molar-refractivity contribution < 1.29 is 9.32 Å². The number of rotatable bonds is 3. The van der Waals surface area contributed by atoms with Crippen LogP contribution in [-0.2, 0) is 0 Å². The average molecular weight is 397 g/mol. The highest BCUT2D eigenvalue weighted by Crippen LogP contribution is 2.33. The van der Waals surface area contributed by atoms with E-state index in [9.17, 15) is 4.79 Å². The number of carbonyl (C=O) groups is 1. The Balaban J connectivity index is 1.54. The monoisotopic (exact) mass is 396 g/mol. The molecule has 0 aliphatic carbocycles. The molecule has 4 rings (SSSR count). The van der Waals surface area contributed by atoms with Gasteiger partial charge in [-0.1, -0.05) is 47.1 Å². The molecule has 7 heteroatoms. The summed E-state index contributed by atoms with van der Waals surface area (Å²) in [5, 5.41) is 7.54. The first-order valence-electron chi connectivity index (χ1n) is 9.26. The van der Waals surface area contributed by atoms with Crippen LogP contribution in [0.3, 0.4) is 0 Å². The highest BCUT2D eigenvalue weighted by molar-refractivity contribution is 6.33. The molecule has 1 aliphatic rings. The lowest BCUT2D eigenvalue weighted by Gasteiger charge is -2.22. The molecule has 1 fully saturated rings. The van der Waals surface area contributed by atoms with Gasteiger partial charge in [-0.25, -0.2) is 4.79 Å². The fourth-order valence-corrected chi connectivity index (χ4v) is 3.76. The number of nitrogens with zero attached hydrogens (tertiary/aromatic N) is 3. The van der Waals surface area contributed by atoms with E-state index in [2.05, 4.69) is 15.5 Å². The topological polar surface area (TPSA) is 71.3 Å². The van der Waals surface area contributed by atoms with Gasteiger partial charge in [-0.3, -0.25) is 0 Å². The van der Waals surface area contributed by atoms with Gasteiger partial charge in [0, 0.05) is 12.1 Å². The third-order valence-corrected chi connectivity index (χ3v) is 5.31. The Kier molecular flexibility index (Phi) is 5.05. The molecule has 2 amide bonds. The summed E-state index contributed by atoms with van der Waals surface area (Å²) in [4.78, 5) is 19.1. The van der Waals surface area contributed by atoms with Gasteiger partial charge in [-0.2, -0.15) is 4.98 Å². The van der Waals surface area contributed by atoms with E-state index in [4.69, 9.17) is 16.1 Å². The van der Waals surface area contributed by atoms with E-state index in [1.54, 1.807) is 4.90 Å². The zero-order valence-electron chi connectivity index (χ0n) is 15.8. The van der Waals surface area contributed by atoms with E-state index in [1.165, 1.54) is 0 Å². The number of hydrogen-bond acceptors (Lipinski definition) is 4. The van der Waals surface area contributed by atoms with Crippen molar-refractivity contribution in [2.75, 3.05) is 11.9 Å². The van der Waals surface area contributed by atoms with Crippen LogP contribution in [-0.4, -0.2) is 27.6 Å². The Hall–Kier alpha value is -2.86. The lowest BCUT2D eigenvalue weighted by Crippen LogP contribution is -2.34. The summed E-state index contributed by atoms with van der Waals surface area (Å²) in [6, 6.07) is 13.0. The van der Waals surface area contributed by atoms with Crippen LogP contribution >= 0.6 is 11.6 Å². The SMILES string of the molecule is Cc1ccc(NC(=O)N2CCCC2c2nc(-c3ccccc3C)no2)c(Cl)c1. The smallest absolute Gasteiger partial charge is 0.322 e. The first-order chi connectivity index (χ1) is 13.5. The van der Waals surface area contributed by atoms with Gasteiger partial charge in [0.2, 0.25) is 11.7 Å². The number of benzene rings is 2. The van der Waals surface area contributed by atoms with Crippen LogP contribution in [0.4, 0.5) is 10.5 Å². The lowest BCUT2D eigenvalue weighted by molar-refractivity contribution is 0.193. The van der Waals surface area contributed by atoms with E-state index < -0.39 is 0 Å². The second kappa shape index (κ2) is 7.64. The minimum Gasteiger partial charge on any atom is -0.337 e. The standard InChI is InChI=1S/C21H21ClN4O2/c1-13-9-10-17(16(22)12-13)23-21(27)26-11-5-8-18(26)20-24-19(25-28-20)15-7-4-3-6-14(15)2/h3-4,6-7,9-10,12,18H,5,8,11H2,1-2H3,(H,23,27). The number of likely N-dealkylation sites (tertiary alicyclic amines) is 1. The summed E-state index contributed by atoms with van der Waals surface area (Å²) in [5.74, 6) is 1.00. The molecular weight excluding hydrogens is 376 g/mol. The van der Waals surface area contributed by atoms with Gasteiger partial charge in [0.15, 0.2) is 0 Å². The van der Waals surface area contributed by atoms with Gasteiger partial charge < -0.3 is 14.7 Å². The van der Waals surface area contributed by atoms with Crippen LogP contribution in [0.2, 0.25) is 5.02 Å². The summed E-state index contributed by atoms with van der Waals surface area (Å²) in [7, 11) is 0. The Morgan fingerprint density at radius 2 is 2.07 bits per heavy atom. The maximum absolute atomic E-state index is 12.8. The van der Waals surface area contributed by atoms with Gasteiger partial charge in [-0.05, 0) is 49.9 Å². The van der Waals surface area contributed by atoms with Crippen molar-refractivity contribution in [2.24, 2.45) is 0 Å². The molecule has 28 heavy (non-hydrogen) atoms. The van der Waals surface area contributed by atoms with Crippen molar-refractivity contribution in [1.29, 1.82) is 0 Å². The van der Waals surface area contributed by atoms with Gasteiger partial charge in [0.25, 0.3) is 0 Å². The Morgan fingerprint density at radius 1 is 1.25 bits per heavy atom. The molecule has 6 nitrogen and oxygen atoms in total. The maximum atomic E-state index is 12.8. The molecule has 2 heterocycles. The van der Waals surface area contributed by atoms with Gasteiger partial charge in [-0.15, -0.1) is 0 Å². The third-order valence-electron chi connectivity index (χ3n) is 4.99.